The van der Waals surface area contributed by atoms with Crippen LogP contribution in [0.4, 0.5) is 13.2 Å². The van der Waals surface area contributed by atoms with Crippen LogP contribution in [-0.2, 0) is 12.7 Å². The molecule has 0 aliphatic rings. The molecule has 0 aliphatic heterocycles. The van der Waals surface area contributed by atoms with Crippen molar-refractivity contribution >= 4 is 34.9 Å². The maximum Gasteiger partial charge on any atom is 0.436 e. The molecule has 0 fully saturated rings. The lowest BCUT2D eigenvalue weighted by atomic mass is 9.98. The Morgan fingerprint density at radius 3 is 2.25 bits per heavy atom. The van der Waals surface area contributed by atoms with Crippen molar-refractivity contribution in [3.63, 3.8) is 0 Å². The average molecular weight is 484 g/mol. The molecule has 1 heterocycles. The number of carbonyl (C=O) groups is 2. The summed E-state index contributed by atoms with van der Waals surface area (Å²) in [4.78, 5) is 25.5. The molecule has 0 radical (unpaired) electrons. The van der Waals surface area contributed by atoms with Gasteiger partial charge in [0, 0.05) is 29.2 Å². The van der Waals surface area contributed by atoms with Gasteiger partial charge in [-0.15, -0.1) is 0 Å². The quantitative estimate of drug-likeness (QED) is 0.353. The van der Waals surface area contributed by atoms with Crippen LogP contribution in [-0.4, -0.2) is 28.0 Å². The van der Waals surface area contributed by atoms with Crippen LogP contribution in [0.1, 0.15) is 44.1 Å². The van der Waals surface area contributed by atoms with Crippen LogP contribution in [0.2, 0.25) is 10.0 Å². The molecule has 0 unspecified atom stereocenters. The highest BCUT2D eigenvalue weighted by Crippen LogP contribution is 2.35. The number of hydrogen-bond acceptors (Lipinski definition) is 3. The summed E-state index contributed by atoms with van der Waals surface area (Å²) < 4.78 is 39.9. The Bertz CT molecular complexity index is 1140. The number of benzene rings is 2. The predicted molar refractivity (Wildman–Crippen MR) is 115 cm³/mol. The summed E-state index contributed by atoms with van der Waals surface area (Å²) in [5, 5.41) is 6.27. The van der Waals surface area contributed by atoms with Gasteiger partial charge in [0.15, 0.2) is 11.5 Å². The van der Waals surface area contributed by atoms with Crippen molar-refractivity contribution in [2.45, 2.75) is 26.1 Å². The van der Waals surface area contributed by atoms with Crippen LogP contribution in [0.3, 0.4) is 0 Å². The number of aryl methyl sites for hydroxylation is 1. The second-order valence-electron chi connectivity index (χ2n) is 6.96. The molecule has 1 N–H and O–H groups in total. The van der Waals surface area contributed by atoms with Gasteiger partial charge in [-0.3, -0.25) is 14.3 Å². The Balaban J connectivity index is 1.64. The second kappa shape index (κ2) is 9.75. The van der Waals surface area contributed by atoms with Gasteiger partial charge in [-0.1, -0.05) is 41.4 Å². The monoisotopic (exact) mass is 483 g/mol. The van der Waals surface area contributed by atoms with Crippen molar-refractivity contribution in [2.24, 2.45) is 0 Å². The minimum atomic E-state index is -4.64. The van der Waals surface area contributed by atoms with E-state index >= 15 is 0 Å². The highest BCUT2D eigenvalue weighted by Gasteiger charge is 2.38. The van der Waals surface area contributed by atoms with Crippen LogP contribution < -0.4 is 5.32 Å². The molecule has 0 spiro atoms. The van der Waals surface area contributed by atoms with Crippen molar-refractivity contribution in [2.75, 3.05) is 6.54 Å². The summed E-state index contributed by atoms with van der Waals surface area (Å²) >= 11 is 11.6. The lowest BCUT2D eigenvalue weighted by Crippen LogP contribution is -2.27. The van der Waals surface area contributed by atoms with Gasteiger partial charge in [-0.05, 0) is 43.7 Å². The fraction of sp³-hybridized carbons (Fsp3) is 0.227. The molecule has 0 saturated carbocycles. The van der Waals surface area contributed by atoms with Crippen molar-refractivity contribution < 1.29 is 22.8 Å². The molecule has 1 amide bonds. The van der Waals surface area contributed by atoms with E-state index in [1.165, 1.54) is 13.0 Å². The maximum atomic E-state index is 12.9. The summed E-state index contributed by atoms with van der Waals surface area (Å²) in [6.07, 6.45) is -4.32. The number of nitrogens with zero attached hydrogens (tertiary/aromatic N) is 2. The third-order valence-electron chi connectivity index (χ3n) is 4.76. The zero-order chi connectivity index (χ0) is 23.5. The summed E-state index contributed by atoms with van der Waals surface area (Å²) in [7, 11) is 0. The van der Waals surface area contributed by atoms with Crippen LogP contribution >= 0.6 is 23.2 Å². The van der Waals surface area contributed by atoms with Crippen molar-refractivity contribution in [3.05, 3.63) is 86.7 Å². The molecular weight excluding hydrogens is 466 g/mol. The Kier molecular flexibility index (Phi) is 7.26. The molecule has 2 aromatic carbocycles. The fourth-order valence-corrected chi connectivity index (χ4v) is 3.45. The number of nitrogens with one attached hydrogen (secondary N) is 1. The second-order valence-corrected chi connectivity index (χ2v) is 7.77. The van der Waals surface area contributed by atoms with Gasteiger partial charge in [0.1, 0.15) is 0 Å². The first-order valence-electron chi connectivity index (χ1n) is 9.57. The lowest BCUT2D eigenvalue weighted by Gasteiger charge is -2.10. The topological polar surface area (TPSA) is 64.0 Å². The number of alkyl halides is 3. The summed E-state index contributed by atoms with van der Waals surface area (Å²) in [6.45, 7) is 1.75. The van der Waals surface area contributed by atoms with E-state index in [1.54, 1.807) is 42.5 Å². The number of amides is 1. The van der Waals surface area contributed by atoms with Gasteiger partial charge in [0.25, 0.3) is 5.91 Å². The van der Waals surface area contributed by atoms with Crippen LogP contribution in [0, 0.1) is 6.92 Å². The first-order chi connectivity index (χ1) is 15.1. The van der Waals surface area contributed by atoms with Gasteiger partial charge in [0.05, 0.1) is 16.3 Å². The van der Waals surface area contributed by atoms with Crippen molar-refractivity contribution in [1.29, 1.82) is 0 Å². The fourth-order valence-electron chi connectivity index (χ4n) is 3.08. The van der Waals surface area contributed by atoms with Crippen LogP contribution in [0.15, 0.2) is 48.5 Å². The number of hydrogen-bond donors (Lipinski definition) is 1. The van der Waals surface area contributed by atoms with E-state index in [9.17, 15) is 22.8 Å². The molecule has 3 aromatic rings. The molecular formula is C22H18Cl2F3N3O2. The predicted octanol–water partition coefficient (Wildman–Crippen LogP) is 5.57. The minimum absolute atomic E-state index is 0.132. The van der Waals surface area contributed by atoms with E-state index in [1.807, 2.05) is 0 Å². The Morgan fingerprint density at radius 1 is 1.03 bits per heavy atom. The molecule has 168 valence electrons. The van der Waals surface area contributed by atoms with E-state index < -0.39 is 22.8 Å². The molecule has 3 rings (SSSR count). The van der Waals surface area contributed by atoms with E-state index in [4.69, 9.17) is 23.2 Å². The first-order valence-corrected chi connectivity index (χ1v) is 10.3. The summed E-state index contributed by atoms with van der Waals surface area (Å²) in [5.74, 6) is -0.789. The maximum absolute atomic E-state index is 12.9. The van der Waals surface area contributed by atoms with E-state index in [0.717, 1.165) is 4.68 Å². The molecule has 0 bridgehead atoms. The normalized spacial score (nSPS) is 11.4. The molecule has 0 saturated heterocycles. The minimum Gasteiger partial charge on any atom is -0.352 e. The smallest absolute Gasteiger partial charge is 0.352 e. The molecule has 32 heavy (non-hydrogen) atoms. The van der Waals surface area contributed by atoms with Gasteiger partial charge < -0.3 is 5.32 Å². The SMILES string of the molecule is Cc1c(Cl)c(C(F)(F)F)nn1CCCNC(=O)c1ccccc1C(=O)c1ccc(Cl)cc1. The van der Waals surface area contributed by atoms with E-state index in [-0.39, 0.29) is 35.7 Å². The first kappa shape index (κ1) is 23.8. The number of aromatic nitrogens is 2. The largest absolute Gasteiger partial charge is 0.436 e. The van der Waals surface area contributed by atoms with E-state index in [0.29, 0.717) is 17.0 Å². The zero-order valence-corrected chi connectivity index (χ0v) is 18.4. The zero-order valence-electron chi connectivity index (χ0n) is 16.8. The van der Waals surface area contributed by atoms with Gasteiger partial charge in [-0.25, -0.2) is 0 Å². The summed E-state index contributed by atoms with van der Waals surface area (Å²) in [6, 6.07) is 12.7. The van der Waals surface area contributed by atoms with Gasteiger partial charge in [0.2, 0.25) is 0 Å². The Hall–Kier alpha value is -2.84. The van der Waals surface area contributed by atoms with Crippen LogP contribution in [0.5, 0.6) is 0 Å². The van der Waals surface area contributed by atoms with Gasteiger partial charge in [-0.2, -0.15) is 18.3 Å². The van der Waals surface area contributed by atoms with Gasteiger partial charge >= 0.3 is 6.18 Å². The summed E-state index contributed by atoms with van der Waals surface area (Å²) in [5.41, 5.74) is -0.109. The molecule has 1 aromatic heterocycles. The average Bonchev–Trinajstić information content (AvgIpc) is 3.05. The van der Waals surface area contributed by atoms with Crippen molar-refractivity contribution in [3.8, 4) is 0 Å². The third kappa shape index (κ3) is 5.31. The number of carbonyl (C=O) groups excluding carboxylic acids is 2. The number of halogens is 5. The number of rotatable bonds is 7. The molecule has 10 heteroatoms. The highest BCUT2D eigenvalue weighted by molar-refractivity contribution is 6.32. The molecule has 0 atom stereocenters. The third-order valence-corrected chi connectivity index (χ3v) is 5.46. The van der Waals surface area contributed by atoms with Crippen LogP contribution in [0.25, 0.3) is 0 Å². The molecule has 0 aliphatic carbocycles. The van der Waals surface area contributed by atoms with Crippen molar-refractivity contribution in [1.82, 2.24) is 15.1 Å². The Morgan fingerprint density at radius 2 is 1.66 bits per heavy atom. The molecule has 5 nitrogen and oxygen atoms in total. The standard InChI is InChI=1S/C22H18Cl2F3N3O2/c1-13-18(24)20(22(25,26)27)29-30(13)12-4-11-28-21(32)17-6-3-2-5-16(17)19(31)14-7-9-15(23)10-8-14/h2-3,5-10H,4,11-12H2,1H3,(H,28,32). The van der Waals surface area contributed by atoms with E-state index in [2.05, 4.69) is 10.4 Å². The lowest BCUT2D eigenvalue weighted by molar-refractivity contribution is -0.141. The highest BCUT2D eigenvalue weighted by atomic mass is 35.5. The number of ketones is 1. The Labute approximate surface area is 192 Å².